The molecule has 2 aromatic rings. The smallest absolute Gasteiger partial charge is 0.157 e. The summed E-state index contributed by atoms with van der Waals surface area (Å²) in [4.78, 5) is 2.62. The molecule has 0 bridgehead atoms. The van der Waals surface area contributed by atoms with Gasteiger partial charge in [-0.25, -0.2) is 0 Å². The number of nitrogens with zero attached hydrogens (tertiary/aromatic N) is 1. The number of fused-ring (bicyclic) bond motifs is 5. The van der Waals surface area contributed by atoms with Crippen LogP contribution in [0.15, 0.2) is 30.3 Å². The van der Waals surface area contributed by atoms with E-state index < -0.39 is 0 Å². The lowest BCUT2D eigenvalue weighted by Gasteiger charge is -2.46. The van der Waals surface area contributed by atoms with Gasteiger partial charge in [0.15, 0.2) is 11.5 Å². The van der Waals surface area contributed by atoms with E-state index in [1.165, 1.54) is 27.8 Å². The van der Waals surface area contributed by atoms with E-state index in [0.29, 0.717) is 6.04 Å². The molecule has 2 aromatic carbocycles. The van der Waals surface area contributed by atoms with E-state index in [4.69, 9.17) is 0 Å². The lowest BCUT2D eigenvalue weighted by atomic mass is 9.71. The van der Waals surface area contributed by atoms with Gasteiger partial charge in [-0.05, 0) is 72.7 Å². The molecule has 4 rings (SSSR count). The molecule has 24 heavy (non-hydrogen) atoms. The van der Waals surface area contributed by atoms with Gasteiger partial charge < -0.3 is 10.2 Å². The fourth-order valence-corrected chi connectivity index (χ4v) is 4.67. The number of phenols is 2. The summed E-state index contributed by atoms with van der Waals surface area (Å²) in [6.07, 6.45) is 3.22. The summed E-state index contributed by atoms with van der Waals surface area (Å²) in [6, 6.07) is 10.6. The van der Waals surface area contributed by atoms with E-state index in [1.807, 2.05) is 0 Å². The number of aromatic hydroxyl groups is 2. The van der Waals surface area contributed by atoms with Crippen molar-refractivity contribution in [3.8, 4) is 11.5 Å². The number of benzene rings is 2. The van der Waals surface area contributed by atoms with Crippen LogP contribution < -0.4 is 0 Å². The van der Waals surface area contributed by atoms with Crippen molar-refractivity contribution in [1.82, 2.24) is 4.90 Å². The first-order valence-corrected chi connectivity index (χ1v) is 8.97. The quantitative estimate of drug-likeness (QED) is 0.819. The van der Waals surface area contributed by atoms with Crippen molar-refractivity contribution in [1.29, 1.82) is 0 Å². The van der Waals surface area contributed by atoms with Crippen molar-refractivity contribution in [2.45, 2.75) is 51.6 Å². The fraction of sp³-hybridized carbons (Fsp3) is 0.429. The van der Waals surface area contributed by atoms with Crippen LogP contribution in [0, 0.1) is 6.92 Å². The fourth-order valence-electron chi connectivity index (χ4n) is 4.67. The first kappa shape index (κ1) is 15.5. The normalized spacial score (nSPS) is 22.6. The number of hydrogen-bond donors (Lipinski definition) is 2. The average Bonchev–Trinajstić information content (AvgIpc) is 2.57. The van der Waals surface area contributed by atoms with Crippen LogP contribution >= 0.6 is 0 Å². The molecule has 0 spiro atoms. The highest BCUT2D eigenvalue weighted by molar-refractivity contribution is 5.54. The number of aryl methyl sites for hydroxylation is 2. The van der Waals surface area contributed by atoms with E-state index in [2.05, 4.69) is 36.9 Å². The molecule has 3 nitrogen and oxygen atoms in total. The van der Waals surface area contributed by atoms with Gasteiger partial charge in [0.1, 0.15) is 0 Å². The maximum absolute atomic E-state index is 10.1. The van der Waals surface area contributed by atoms with Crippen LogP contribution in [-0.2, 0) is 13.0 Å². The van der Waals surface area contributed by atoms with Gasteiger partial charge >= 0.3 is 0 Å². The Morgan fingerprint density at radius 1 is 1.12 bits per heavy atom. The van der Waals surface area contributed by atoms with Crippen molar-refractivity contribution in [3.05, 3.63) is 58.1 Å². The predicted octanol–water partition coefficient (Wildman–Crippen LogP) is 4.08. The number of hydrogen-bond acceptors (Lipinski definition) is 3. The van der Waals surface area contributed by atoms with Gasteiger partial charge in [0, 0.05) is 18.5 Å². The minimum absolute atomic E-state index is 0.00195. The molecule has 126 valence electrons. The van der Waals surface area contributed by atoms with Crippen LogP contribution in [0.25, 0.3) is 0 Å². The molecule has 1 aliphatic heterocycles. The van der Waals surface area contributed by atoms with E-state index >= 15 is 0 Å². The van der Waals surface area contributed by atoms with Crippen molar-refractivity contribution in [3.63, 3.8) is 0 Å². The summed E-state index contributed by atoms with van der Waals surface area (Å²) in [5, 5.41) is 20.0. The molecule has 0 saturated heterocycles. The summed E-state index contributed by atoms with van der Waals surface area (Å²) < 4.78 is 0. The minimum Gasteiger partial charge on any atom is -0.504 e. The predicted molar refractivity (Wildman–Crippen MR) is 95.6 cm³/mol. The molecule has 1 aliphatic carbocycles. The largest absolute Gasteiger partial charge is 0.504 e. The first-order valence-electron chi connectivity index (χ1n) is 8.97. The summed E-state index contributed by atoms with van der Waals surface area (Å²) in [5.41, 5.74) is 6.56. The van der Waals surface area contributed by atoms with Crippen LogP contribution in [0.5, 0.6) is 11.5 Å². The molecule has 2 atom stereocenters. The van der Waals surface area contributed by atoms with Crippen LogP contribution in [-0.4, -0.2) is 27.7 Å². The Bertz CT molecular complexity index is 784. The van der Waals surface area contributed by atoms with Crippen LogP contribution in [0.2, 0.25) is 0 Å². The molecule has 2 aliphatic rings. The van der Waals surface area contributed by atoms with Gasteiger partial charge in [-0.3, -0.25) is 4.90 Å². The van der Waals surface area contributed by atoms with Crippen molar-refractivity contribution in [2.24, 2.45) is 0 Å². The standard InChI is InChI=1S/C21H25NO2/c1-3-9-22-12-17-13(2)5-4-6-15(17)21-16-11-20(24)19(23)10-14(16)7-8-18(21)22/h4-6,10-11,18,21,23-24H,3,7-9,12H2,1-2H3/t18-,21+/m1/s1. The summed E-state index contributed by atoms with van der Waals surface area (Å²) in [5.74, 6) is 0.282. The highest BCUT2D eigenvalue weighted by Crippen LogP contribution is 2.47. The van der Waals surface area contributed by atoms with Gasteiger partial charge in [0.25, 0.3) is 0 Å². The number of rotatable bonds is 2. The summed E-state index contributed by atoms with van der Waals surface area (Å²) >= 11 is 0. The summed E-state index contributed by atoms with van der Waals surface area (Å²) in [7, 11) is 0. The second-order valence-corrected chi connectivity index (χ2v) is 7.24. The van der Waals surface area contributed by atoms with Gasteiger partial charge in [0.05, 0.1) is 0 Å². The van der Waals surface area contributed by atoms with Crippen LogP contribution in [0.3, 0.4) is 0 Å². The zero-order valence-corrected chi connectivity index (χ0v) is 14.4. The molecular formula is C21H25NO2. The zero-order chi connectivity index (χ0) is 16.8. The van der Waals surface area contributed by atoms with E-state index in [0.717, 1.165) is 32.4 Å². The number of phenolic OH excluding ortho intramolecular Hbond substituents is 2. The first-order chi connectivity index (χ1) is 11.6. The van der Waals surface area contributed by atoms with E-state index in [-0.39, 0.29) is 17.4 Å². The molecule has 0 radical (unpaired) electrons. The van der Waals surface area contributed by atoms with E-state index in [1.54, 1.807) is 12.1 Å². The SMILES string of the molecule is CCCN1Cc2c(C)cccc2[C@H]2c3cc(O)c(O)cc3CC[C@H]21. The van der Waals surface area contributed by atoms with Crippen LogP contribution in [0.1, 0.15) is 53.5 Å². The monoisotopic (exact) mass is 323 g/mol. The highest BCUT2D eigenvalue weighted by Gasteiger charge is 2.39. The third-order valence-corrected chi connectivity index (χ3v) is 5.79. The van der Waals surface area contributed by atoms with Crippen LogP contribution in [0.4, 0.5) is 0 Å². The third kappa shape index (κ3) is 2.30. The third-order valence-electron chi connectivity index (χ3n) is 5.79. The lowest BCUT2D eigenvalue weighted by Crippen LogP contribution is -2.46. The Morgan fingerprint density at radius 2 is 1.92 bits per heavy atom. The highest BCUT2D eigenvalue weighted by atomic mass is 16.3. The molecule has 0 amide bonds. The van der Waals surface area contributed by atoms with Gasteiger partial charge in [-0.1, -0.05) is 25.1 Å². The molecule has 0 saturated carbocycles. The lowest BCUT2D eigenvalue weighted by molar-refractivity contribution is 0.141. The Morgan fingerprint density at radius 3 is 2.71 bits per heavy atom. The average molecular weight is 323 g/mol. The molecule has 3 heteroatoms. The van der Waals surface area contributed by atoms with Crippen molar-refractivity contribution >= 4 is 0 Å². The Hall–Kier alpha value is -2.00. The second-order valence-electron chi connectivity index (χ2n) is 7.24. The molecule has 0 unspecified atom stereocenters. The molecular weight excluding hydrogens is 298 g/mol. The zero-order valence-electron chi connectivity index (χ0n) is 14.4. The maximum atomic E-state index is 10.1. The van der Waals surface area contributed by atoms with Gasteiger partial charge in [-0.15, -0.1) is 0 Å². The minimum atomic E-state index is -0.00350. The second kappa shape index (κ2) is 5.82. The summed E-state index contributed by atoms with van der Waals surface area (Å²) in [6.45, 7) is 6.56. The Balaban J connectivity index is 1.91. The van der Waals surface area contributed by atoms with Gasteiger partial charge in [0.2, 0.25) is 0 Å². The molecule has 0 aromatic heterocycles. The molecule has 1 heterocycles. The molecule has 0 fully saturated rings. The maximum Gasteiger partial charge on any atom is 0.157 e. The van der Waals surface area contributed by atoms with Gasteiger partial charge in [-0.2, -0.15) is 0 Å². The van der Waals surface area contributed by atoms with Crippen molar-refractivity contribution < 1.29 is 10.2 Å². The molecule has 2 N–H and O–H groups in total. The Kier molecular flexibility index (Phi) is 3.76. The van der Waals surface area contributed by atoms with Crippen molar-refractivity contribution in [2.75, 3.05) is 6.54 Å². The Labute approximate surface area is 143 Å². The van der Waals surface area contributed by atoms with E-state index in [9.17, 15) is 10.2 Å². The topological polar surface area (TPSA) is 43.7 Å².